The Morgan fingerprint density at radius 3 is 2.70 bits per heavy atom. The highest BCUT2D eigenvalue weighted by Gasteiger charge is 2.32. The number of carbonyl (C=O) groups excluding carboxylic acids is 2. The summed E-state index contributed by atoms with van der Waals surface area (Å²) < 4.78 is 12.9. The minimum Gasteiger partial charge on any atom is -0.341 e. The van der Waals surface area contributed by atoms with E-state index in [4.69, 9.17) is 5.73 Å². The topological polar surface area (TPSA) is 75.4 Å². The van der Waals surface area contributed by atoms with E-state index in [1.165, 1.54) is 18.2 Å². The van der Waals surface area contributed by atoms with E-state index in [9.17, 15) is 14.0 Å². The molecule has 0 aliphatic carbocycles. The van der Waals surface area contributed by atoms with Crippen LogP contribution < -0.4 is 11.1 Å². The second-order valence-electron chi connectivity index (χ2n) is 6.39. The van der Waals surface area contributed by atoms with Crippen LogP contribution in [0.1, 0.15) is 25.8 Å². The summed E-state index contributed by atoms with van der Waals surface area (Å²) in [6, 6.07) is 5.53. The van der Waals surface area contributed by atoms with Crippen molar-refractivity contribution in [3.05, 3.63) is 47.8 Å². The smallest absolute Gasteiger partial charge is 0.245 e. The highest BCUT2D eigenvalue weighted by molar-refractivity contribution is 5.93. The van der Waals surface area contributed by atoms with Crippen molar-refractivity contribution in [2.24, 2.45) is 5.73 Å². The summed E-state index contributed by atoms with van der Waals surface area (Å²) in [5, 5.41) is 2.69. The molecule has 3 N–H and O–H groups in total. The molecule has 23 heavy (non-hydrogen) atoms. The Morgan fingerprint density at radius 2 is 2.09 bits per heavy atom. The Morgan fingerprint density at radius 1 is 1.43 bits per heavy atom. The lowest BCUT2D eigenvalue weighted by atomic mass is 10.1. The van der Waals surface area contributed by atoms with Gasteiger partial charge in [0.25, 0.3) is 0 Å². The molecule has 1 saturated heterocycles. The summed E-state index contributed by atoms with van der Waals surface area (Å²) in [6.07, 6.45) is 3.51. The molecule has 0 saturated carbocycles. The van der Waals surface area contributed by atoms with Crippen molar-refractivity contribution in [1.29, 1.82) is 0 Å². The first-order chi connectivity index (χ1) is 10.7. The van der Waals surface area contributed by atoms with E-state index < -0.39 is 11.6 Å². The van der Waals surface area contributed by atoms with Crippen LogP contribution in [0.4, 0.5) is 4.39 Å². The van der Waals surface area contributed by atoms with E-state index in [1.54, 1.807) is 37.0 Å². The number of benzene rings is 1. The number of rotatable bonds is 5. The van der Waals surface area contributed by atoms with Gasteiger partial charge in [-0.3, -0.25) is 9.59 Å². The van der Waals surface area contributed by atoms with Crippen LogP contribution in [-0.4, -0.2) is 34.8 Å². The molecule has 1 aromatic carbocycles. The lowest BCUT2D eigenvalue weighted by Crippen LogP contribution is -2.41. The van der Waals surface area contributed by atoms with Crippen molar-refractivity contribution in [2.75, 3.05) is 6.54 Å². The van der Waals surface area contributed by atoms with Gasteiger partial charge in [-0.1, -0.05) is 18.2 Å². The minimum atomic E-state index is -0.578. The number of amides is 2. The largest absolute Gasteiger partial charge is 0.341 e. The molecule has 1 aliphatic rings. The van der Waals surface area contributed by atoms with Gasteiger partial charge in [-0.05, 0) is 38.0 Å². The molecular weight excluding hydrogens is 297 g/mol. The number of likely N-dealkylation sites (tertiary alicyclic amines) is 1. The van der Waals surface area contributed by atoms with E-state index in [0.29, 0.717) is 19.5 Å². The van der Waals surface area contributed by atoms with Gasteiger partial charge in [0.05, 0.1) is 0 Å². The zero-order valence-corrected chi connectivity index (χ0v) is 13.4. The predicted molar refractivity (Wildman–Crippen MR) is 85.8 cm³/mol. The van der Waals surface area contributed by atoms with Crippen molar-refractivity contribution in [3.63, 3.8) is 0 Å². The van der Waals surface area contributed by atoms with Crippen molar-refractivity contribution in [2.45, 2.75) is 38.4 Å². The maximum Gasteiger partial charge on any atom is 0.245 e. The number of carbonyl (C=O) groups is 2. The van der Waals surface area contributed by atoms with Gasteiger partial charge in [0.2, 0.25) is 11.8 Å². The lowest BCUT2D eigenvalue weighted by molar-refractivity contribution is -0.132. The summed E-state index contributed by atoms with van der Waals surface area (Å²) in [5.41, 5.74) is 6.05. The van der Waals surface area contributed by atoms with E-state index in [2.05, 4.69) is 5.32 Å². The van der Waals surface area contributed by atoms with Crippen molar-refractivity contribution in [3.8, 4) is 0 Å². The standard InChI is InChI=1S/C17H22FN3O2/c1-17(2,19)9-7-15(22)20-14-8-10-21(16(14)23)11-12-3-5-13(18)6-4-12/h3-7,9,14H,8,10-11,19H2,1-2H3,(H,20,22)/b9-7+. The lowest BCUT2D eigenvalue weighted by Gasteiger charge is -2.17. The van der Waals surface area contributed by atoms with Crippen LogP contribution in [0.15, 0.2) is 36.4 Å². The SMILES string of the molecule is CC(C)(N)/C=C/C(=O)NC1CCN(Cc2ccc(F)cc2)C1=O. The molecule has 1 unspecified atom stereocenters. The summed E-state index contributed by atoms with van der Waals surface area (Å²) in [4.78, 5) is 25.8. The second-order valence-corrected chi connectivity index (χ2v) is 6.39. The van der Waals surface area contributed by atoms with E-state index in [1.807, 2.05) is 0 Å². The molecule has 5 nitrogen and oxygen atoms in total. The summed E-state index contributed by atoms with van der Waals surface area (Å²) in [5.74, 6) is -0.755. The fourth-order valence-corrected chi connectivity index (χ4v) is 2.35. The zero-order valence-electron chi connectivity index (χ0n) is 13.4. The van der Waals surface area contributed by atoms with Crippen LogP contribution in [0, 0.1) is 5.82 Å². The first-order valence-electron chi connectivity index (χ1n) is 7.56. The van der Waals surface area contributed by atoms with Crippen LogP contribution in [-0.2, 0) is 16.1 Å². The molecule has 1 fully saturated rings. The Labute approximate surface area is 135 Å². The summed E-state index contributed by atoms with van der Waals surface area (Å²) >= 11 is 0. The second kappa shape index (κ2) is 6.91. The third-order valence-corrected chi connectivity index (χ3v) is 3.56. The fourth-order valence-electron chi connectivity index (χ4n) is 2.35. The molecule has 124 valence electrons. The van der Waals surface area contributed by atoms with E-state index >= 15 is 0 Å². The average molecular weight is 319 g/mol. The van der Waals surface area contributed by atoms with E-state index in [0.717, 1.165) is 5.56 Å². The quantitative estimate of drug-likeness (QED) is 0.804. The van der Waals surface area contributed by atoms with Crippen LogP contribution in [0.5, 0.6) is 0 Å². The molecule has 0 aromatic heterocycles. The first kappa shape index (κ1) is 17.1. The number of halogens is 1. The molecule has 6 heteroatoms. The highest BCUT2D eigenvalue weighted by atomic mass is 19.1. The zero-order chi connectivity index (χ0) is 17.0. The number of hydrogen-bond donors (Lipinski definition) is 2. The monoisotopic (exact) mass is 319 g/mol. The Balaban J connectivity index is 1.90. The van der Waals surface area contributed by atoms with Gasteiger partial charge in [-0.2, -0.15) is 0 Å². The molecule has 2 rings (SSSR count). The maximum atomic E-state index is 12.9. The van der Waals surface area contributed by atoms with Gasteiger partial charge < -0.3 is 16.0 Å². The first-order valence-corrected chi connectivity index (χ1v) is 7.56. The molecule has 0 radical (unpaired) electrons. The molecule has 1 atom stereocenters. The Bertz CT molecular complexity index is 605. The maximum absolute atomic E-state index is 12.9. The minimum absolute atomic E-state index is 0.122. The van der Waals surface area contributed by atoms with Crippen molar-refractivity contribution < 1.29 is 14.0 Å². The fraction of sp³-hybridized carbons (Fsp3) is 0.412. The highest BCUT2D eigenvalue weighted by Crippen LogP contribution is 2.15. The molecule has 1 aromatic rings. The van der Waals surface area contributed by atoms with Gasteiger partial charge >= 0.3 is 0 Å². The van der Waals surface area contributed by atoms with Gasteiger partial charge in [0.1, 0.15) is 11.9 Å². The predicted octanol–water partition coefficient (Wildman–Crippen LogP) is 1.34. The molecule has 1 heterocycles. The number of nitrogens with zero attached hydrogens (tertiary/aromatic N) is 1. The van der Waals surface area contributed by atoms with Crippen LogP contribution in [0.3, 0.4) is 0 Å². The van der Waals surface area contributed by atoms with Gasteiger partial charge in [0.15, 0.2) is 0 Å². The van der Waals surface area contributed by atoms with Gasteiger partial charge in [0, 0.05) is 24.7 Å². The average Bonchev–Trinajstić information content (AvgIpc) is 2.80. The normalized spacial score (nSPS) is 18.7. The molecule has 2 amide bonds. The van der Waals surface area contributed by atoms with Crippen LogP contribution in [0.25, 0.3) is 0 Å². The van der Waals surface area contributed by atoms with Crippen LogP contribution in [0.2, 0.25) is 0 Å². The Hall–Kier alpha value is -2.21. The van der Waals surface area contributed by atoms with Gasteiger partial charge in [-0.15, -0.1) is 0 Å². The van der Waals surface area contributed by atoms with Gasteiger partial charge in [-0.25, -0.2) is 4.39 Å². The summed E-state index contributed by atoms with van der Waals surface area (Å²) in [7, 11) is 0. The molecule has 1 aliphatic heterocycles. The Kier molecular flexibility index (Phi) is 5.15. The molecular formula is C17H22FN3O2. The number of hydrogen-bond acceptors (Lipinski definition) is 3. The van der Waals surface area contributed by atoms with E-state index in [-0.39, 0.29) is 17.6 Å². The molecule has 0 spiro atoms. The number of nitrogens with two attached hydrogens (primary N) is 1. The number of nitrogens with one attached hydrogen (secondary N) is 1. The molecule has 0 bridgehead atoms. The third-order valence-electron chi connectivity index (χ3n) is 3.56. The third kappa shape index (κ3) is 5.17. The van der Waals surface area contributed by atoms with Crippen LogP contribution >= 0.6 is 0 Å². The van der Waals surface area contributed by atoms with Crippen molar-refractivity contribution >= 4 is 11.8 Å². The van der Waals surface area contributed by atoms with Crippen molar-refractivity contribution in [1.82, 2.24) is 10.2 Å². The summed E-state index contributed by atoms with van der Waals surface area (Å²) in [6.45, 7) is 4.54.